The summed E-state index contributed by atoms with van der Waals surface area (Å²) < 4.78 is 0. The summed E-state index contributed by atoms with van der Waals surface area (Å²) in [6.07, 6.45) is 0. The SMILES string of the molecule is CCNc1cc(-c2sccc2Cl)nc(C(C)(C)C)n1. The normalized spacial score (nSPS) is 11.6. The van der Waals surface area contributed by atoms with Crippen LogP contribution in [0.2, 0.25) is 5.02 Å². The fourth-order valence-electron chi connectivity index (χ4n) is 1.65. The summed E-state index contributed by atoms with van der Waals surface area (Å²) in [6.45, 7) is 9.21. The number of hydrogen-bond acceptors (Lipinski definition) is 4. The molecule has 5 heteroatoms. The van der Waals surface area contributed by atoms with E-state index in [1.54, 1.807) is 11.3 Å². The fraction of sp³-hybridized carbons (Fsp3) is 0.429. The number of hydrogen-bond donors (Lipinski definition) is 1. The number of nitrogens with one attached hydrogen (secondary N) is 1. The van der Waals surface area contributed by atoms with Gasteiger partial charge in [-0.1, -0.05) is 32.4 Å². The third kappa shape index (κ3) is 3.25. The Kier molecular flexibility index (Phi) is 4.11. The van der Waals surface area contributed by atoms with Crippen LogP contribution in [0, 0.1) is 0 Å². The Morgan fingerprint density at radius 3 is 2.58 bits per heavy atom. The number of halogens is 1. The highest BCUT2D eigenvalue weighted by atomic mass is 35.5. The van der Waals surface area contributed by atoms with Crippen molar-refractivity contribution in [1.82, 2.24) is 9.97 Å². The van der Waals surface area contributed by atoms with Gasteiger partial charge in [0.05, 0.1) is 15.6 Å². The van der Waals surface area contributed by atoms with Crippen LogP contribution in [-0.4, -0.2) is 16.5 Å². The van der Waals surface area contributed by atoms with Crippen LogP contribution >= 0.6 is 22.9 Å². The zero-order valence-corrected chi connectivity index (χ0v) is 13.2. The molecule has 3 nitrogen and oxygen atoms in total. The molecule has 0 aliphatic carbocycles. The predicted molar refractivity (Wildman–Crippen MR) is 83.2 cm³/mol. The first-order valence-corrected chi connectivity index (χ1v) is 7.54. The smallest absolute Gasteiger partial charge is 0.136 e. The van der Waals surface area contributed by atoms with E-state index in [-0.39, 0.29) is 5.41 Å². The van der Waals surface area contributed by atoms with Gasteiger partial charge in [0, 0.05) is 18.0 Å². The highest BCUT2D eigenvalue weighted by molar-refractivity contribution is 7.14. The number of anilines is 1. The van der Waals surface area contributed by atoms with E-state index in [0.717, 1.165) is 33.8 Å². The van der Waals surface area contributed by atoms with E-state index in [9.17, 15) is 0 Å². The second-order valence-corrected chi connectivity index (χ2v) is 6.66. The maximum absolute atomic E-state index is 6.20. The molecule has 102 valence electrons. The average Bonchev–Trinajstić information content (AvgIpc) is 2.74. The number of thiophene rings is 1. The monoisotopic (exact) mass is 295 g/mol. The third-order valence-corrected chi connectivity index (χ3v) is 3.97. The summed E-state index contributed by atoms with van der Waals surface area (Å²) in [5.41, 5.74) is 0.792. The Balaban J connectivity index is 2.55. The van der Waals surface area contributed by atoms with E-state index >= 15 is 0 Å². The molecule has 0 aromatic carbocycles. The molecule has 0 atom stereocenters. The second kappa shape index (κ2) is 5.47. The lowest BCUT2D eigenvalue weighted by atomic mass is 9.95. The standard InChI is InChI=1S/C14H18ClN3S/c1-5-16-11-8-10(12-9(15)6-7-19-12)17-13(18-11)14(2,3)4/h6-8H,5H2,1-4H3,(H,16,17,18). The van der Waals surface area contributed by atoms with Crippen LogP contribution in [0.5, 0.6) is 0 Å². The van der Waals surface area contributed by atoms with Crippen molar-refractivity contribution < 1.29 is 0 Å². The van der Waals surface area contributed by atoms with Gasteiger partial charge in [-0.15, -0.1) is 11.3 Å². The van der Waals surface area contributed by atoms with Crippen molar-refractivity contribution in [2.24, 2.45) is 0 Å². The van der Waals surface area contributed by atoms with Crippen LogP contribution in [-0.2, 0) is 5.41 Å². The van der Waals surface area contributed by atoms with Crippen molar-refractivity contribution in [2.45, 2.75) is 33.1 Å². The molecule has 2 aromatic heterocycles. The van der Waals surface area contributed by atoms with Gasteiger partial charge in [0.1, 0.15) is 11.6 Å². The maximum atomic E-state index is 6.20. The Hall–Kier alpha value is -1.13. The highest BCUT2D eigenvalue weighted by Crippen LogP contribution is 2.34. The summed E-state index contributed by atoms with van der Waals surface area (Å²) in [5, 5.41) is 5.97. The minimum atomic E-state index is -0.0933. The fourth-order valence-corrected chi connectivity index (χ4v) is 2.76. The summed E-state index contributed by atoms with van der Waals surface area (Å²) in [7, 11) is 0. The third-order valence-electron chi connectivity index (χ3n) is 2.60. The first-order valence-electron chi connectivity index (χ1n) is 6.28. The molecule has 0 saturated heterocycles. The molecule has 0 fully saturated rings. The second-order valence-electron chi connectivity index (χ2n) is 5.34. The highest BCUT2D eigenvalue weighted by Gasteiger charge is 2.20. The average molecular weight is 296 g/mol. The van der Waals surface area contributed by atoms with Crippen molar-refractivity contribution in [3.05, 3.63) is 28.4 Å². The number of nitrogens with zero attached hydrogens (tertiary/aromatic N) is 2. The molecule has 0 aliphatic heterocycles. The van der Waals surface area contributed by atoms with Gasteiger partial charge in [-0.25, -0.2) is 9.97 Å². The molecule has 0 aliphatic rings. The largest absolute Gasteiger partial charge is 0.370 e. The summed E-state index contributed by atoms with van der Waals surface area (Å²) in [4.78, 5) is 10.2. The summed E-state index contributed by atoms with van der Waals surface area (Å²) in [5.74, 6) is 1.67. The molecule has 0 spiro atoms. The first-order chi connectivity index (χ1) is 8.91. The van der Waals surface area contributed by atoms with Gasteiger partial charge in [-0.3, -0.25) is 0 Å². The first kappa shape index (κ1) is 14.3. The Morgan fingerprint density at radius 1 is 1.32 bits per heavy atom. The van der Waals surface area contributed by atoms with Crippen LogP contribution in [0.25, 0.3) is 10.6 Å². The molecular formula is C14H18ClN3S. The zero-order chi connectivity index (χ0) is 14.0. The van der Waals surface area contributed by atoms with Crippen LogP contribution in [0.3, 0.4) is 0 Å². The van der Waals surface area contributed by atoms with E-state index < -0.39 is 0 Å². The predicted octanol–water partition coefficient (Wildman–Crippen LogP) is 4.59. The van der Waals surface area contributed by atoms with Gasteiger partial charge in [-0.05, 0) is 18.4 Å². The molecule has 0 amide bonds. The number of aromatic nitrogens is 2. The molecule has 19 heavy (non-hydrogen) atoms. The van der Waals surface area contributed by atoms with Gasteiger partial charge < -0.3 is 5.32 Å². The van der Waals surface area contributed by atoms with Crippen molar-refractivity contribution >= 4 is 28.8 Å². The number of rotatable bonds is 3. The Labute approximate surface area is 123 Å². The lowest BCUT2D eigenvalue weighted by molar-refractivity contribution is 0.547. The lowest BCUT2D eigenvalue weighted by Crippen LogP contribution is -2.17. The maximum Gasteiger partial charge on any atom is 0.136 e. The van der Waals surface area contributed by atoms with Gasteiger partial charge in [-0.2, -0.15) is 0 Å². The Bertz CT molecular complexity index is 572. The Morgan fingerprint density at radius 2 is 2.05 bits per heavy atom. The van der Waals surface area contributed by atoms with Crippen LogP contribution < -0.4 is 5.32 Å². The van der Waals surface area contributed by atoms with Gasteiger partial charge in [0.2, 0.25) is 0 Å². The zero-order valence-electron chi connectivity index (χ0n) is 11.6. The molecule has 2 aromatic rings. The molecule has 2 rings (SSSR count). The molecule has 0 saturated carbocycles. The van der Waals surface area contributed by atoms with E-state index in [2.05, 4.69) is 43.0 Å². The molecule has 0 radical (unpaired) electrons. The summed E-state index contributed by atoms with van der Waals surface area (Å²) >= 11 is 7.80. The minimum Gasteiger partial charge on any atom is -0.370 e. The van der Waals surface area contributed by atoms with Crippen molar-refractivity contribution in [2.75, 3.05) is 11.9 Å². The van der Waals surface area contributed by atoms with Gasteiger partial charge in [0.15, 0.2) is 0 Å². The van der Waals surface area contributed by atoms with E-state index in [0.29, 0.717) is 0 Å². The van der Waals surface area contributed by atoms with Gasteiger partial charge >= 0.3 is 0 Å². The van der Waals surface area contributed by atoms with Crippen molar-refractivity contribution in [3.63, 3.8) is 0 Å². The van der Waals surface area contributed by atoms with E-state index in [1.807, 2.05) is 17.5 Å². The minimum absolute atomic E-state index is 0.0933. The molecule has 2 heterocycles. The molecule has 0 unspecified atom stereocenters. The lowest BCUT2D eigenvalue weighted by Gasteiger charge is -2.18. The van der Waals surface area contributed by atoms with Crippen LogP contribution in [0.4, 0.5) is 5.82 Å². The topological polar surface area (TPSA) is 37.8 Å². The summed E-state index contributed by atoms with van der Waals surface area (Å²) in [6, 6.07) is 3.85. The van der Waals surface area contributed by atoms with Crippen LogP contribution in [0.1, 0.15) is 33.5 Å². The van der Waals surface area contributed by atoms with Crippen LogP contribution in [0.15, 0.2) is 17.5 Å². The van der Waals surface area contributed by atoms with E-state index in [4.69, 9.17) is 11.6 Å². The molecule has 1 N–H and O–H groups in total. The van der Waals surface area contributed by atoms with E-state index in [1.165, 1.54) is 0 Å². The van der Waals surface area contributed by atoms with Crippen molar-refractivity contribution in [3.8, 4) is 10.6 Å². The quantitative estimate of drug-likeness (QED) is 0.900. The molecular weight excluding hydrogens is 278 g/mol. The van der Waals surface area contributed by atoms with Crippen molar-refractivity contribution in [1.29, 1.82) is 0 Å². The van der Waals surface area contributed by atoms with Gasteiger partial charge in [0.25, 0.3) is 0 Å². The molecule has 0 bridgehead atoms.